The minimum atomic E-state index is -0.520. The van der Waals surface area contributed by atoms with Crippen LogP contribution in [0, 0.1) is 19.8 Å². The molecule has 0 bridgehead atoms. The molecule has 2 aliphatic rings. The lowest BCUT2D eigenvalue weighted by atomic mass is 9.71. The van der Waals surface area contributed by atoms with Crippen molar-refractivity contribution in [3.8, 4) is 0 Å². The fourth-order valence-corrected chi connectivity index (χ4v) is 4.52. The number of carbonyl (C=O) groups is 1. The van der Waals surface area contributed by atoms with Gasteiger partial charge in [0.05, 0.1) is 16.3 Å². The third kappa shape index (κ3) is 2.37. The second-order valence-electron chi connectivity index (χ2n) is 6.19. The Morgan fingerprint density at radius 1 is 1.40 bits per heavy atom. The van der Waals surface area contributed by atoms with Crippen molar-refractivity contribution in [1.82, 2.24) is 9.88 Å². The van der Waals surface area contributed by atoms with Gasteiger partial charge in [0.15, 0.2) is 0 Å². The maximum absolute atomic E-state index is 12.6. The Bertz CT molecular complexity index is 528. The fourth-order valence-electron chi connectivity index (χ4n) is 3.63. The highest BCUT2D eigenvalue weighted by atomic mass is 32.1. The summed E-state index contributed by atoms with van der Waals surface area (Å²) in [4.78, 5) is 19.7. The molecule has 1 amide bonds. The van der Waals surface area contributed by atoms with E-state index >= 15 is 0 Å². The highest BCUT2D eigenvalue weighted by Gasteiger charge is 2.44. The van der Waals surface area contributed by atoms with E-state index in [2.05, 4.69) is 4.98 Å². The van der Waals surface area contributed by atoms with Crippen molar-refractivity contribution in [1.29, 1.82) is 0 Å². The first-order valence-corrected chi connectivity index (χ1v) is 8.27. The number of likely N-dealkylation sites (tertiary alicyclic amines) is 1. The number of amides is 1. The summed E-state index contributed by atoms with van der Waals surface area (Å²) in [5.74, 6) is 0.351. The number of fused-ring (bicyclic) bond motifs is 1. The van der Waals surface area contributed by atoms with Gasteiger partial charge in [0.25, 0.3) is 5.91 Å². The third-order valence-corrected chi connectivity index (χ3v) is 5.87. The summed E-state index contributed by atoms with van der Waals surface area (Å²) >= 11 is 1.48. The minimum Gasteiger partial charge on any atom is -0.389 e. The molecule has 4 nitrogen and oxygen atoms in total. The maximum atomic E-state index is 12.6. The summed E-state index contributed by atoms with van der Waals surface area (Å²) in [5.41, 5.74) is 0.315. The van der Waals surface area contributed by atoms with Gasteiger partial charge in [-0.05, 0) is 33.1 Å². The van der Waals surface area contributed by atoms with E-state index in [4.69, 9.17) is 0 Å². The summed E-state index contributed by atoms with van der Waals surface area (Å²) in [6, 6.07) is 0. The van der Waals surface area contributed by atoms with Crippen LogP contribution in [0.4, 0.5) is 0 Å². The van der Waals surface area contributed by atoms with Crippen molar-refractivity contribution >= 4 is 17.2 Å². The molecule has 1 aromatic rings. The average molecular weight is 294 g/mol. The van der Waals surface area contributed by atoms with E-state index in [1.807, 2.05) is 18.7 Å². The Morgan fingerprint density at radius 2 is 2.20 bits per heavy atom. The predicted molar refractivity (Wildman–Crippen MR) is 79.0 cm³/mol. The smallest absolute Gasteiger partial charge is 0.265 e. The monoisotopic (exact) mass is 294 g/mol. The van der Waals surface area contributed by atoms with Crippen LogP contribution in [0.3, 0.4) is 0 Å². The van der Waals surface area contributed by atoms with Crippen LogP contribution in [0.15, 0.2) is 0 Å². The van der Waals surface area contributed by atoms with Gasteiger partial charge < -0.3 is 10.0 Å². The Balaban J connectivity index is 1.76. The molecule has 2 fully saturated rings. The molecular weight excluding hydrogens is 272 g/mol. The van der Waals surface area contributed by atoms with E-state index in [0.717, 1.165) is 41.3 Å². The van der Waals surface area contributed by atoms with E-state index in [1.54, 1.807) is 0 Å². The van der Waals surface area contributed by atoms with Gasteiger partial charge in [-0.3, -0.25) is 4.79 Å². The summed E-state index contributed by atoms with van der Waals surface area (Å²) in [6.07, 6.45) is 4.96. The molecule has 1 aliphatic carbocycles. The molecule has 1 N–H and O–H groups in total. The van der Waals surface area contributed by atoms with Gasteiger partial charge in [0.1, 0.15) is 4.88 Å². The Morgan fingerprint density at radius 3 is 2.90 bits per heavy atom. The first-order chi connectivity index (χ1) is 9.49. The topological polar surface area (TPSA) is 53.4 Å². The number of nitrogens with zero attached hydrogens (tertiary/aromatic N) is 2. The van der Waals surface area contributed by atoms with Crippen molar-refractivity contribution in [2.24, 2.45) is 5.92 Å². The first-order valence-electron chi connectivity index (χ1n) is 7.45. The third-order valence-electron chi connectivity index (χ3n) is 4.81. The molecule has 1 aliphatic heterocycles. The molecule has 110 valence electrons. The molecule has 2 heterocycles. The zero-order chi connectivity index (χ0) is 14.3. The van der Waals surface area contributed by atoms with Gasteiger partial charge >= 0.3 is 0 Å². The standard InChI is InChI=1S/C15H22N2O2S/c1-10-13(20-11(2)16-10)14(18)17-8-7-15(19)6-4-3-5-12(15)9-17/h12,19H,3-9H2,1-2H3. The Kier molecular flexibility index (Phi) is 3.58. The van der Waals surface area contributed by atoms with Gasteiger partial charge in [-0.25, -0.2) is 4.98 Å². The van der Waals surface area contributed by atoms with Crippen LogP contribution in [0.1, 0.15) is 52.5 Å². The summed E-state index contributed by atoms with van der Waals surface area (Å²) in [7, 11) is 0. The van der Waals surface area contributed by atoms with Gasteiger partial charge in [0.2, 0.25) is 0 Å². The zero-order valence-electron chi connectivity index (χ0n) is 12.2. The molecular formula is C15H22N2O2S. The number of aliphatic hydroxyl groups is 1. The van der Waals surface area contributed by atoms with Crippen molar-refractivity contribution in [3.63, 3.8) is 0 Å². The van der Waals surface area contributed by atoms with E-state index < -0.39 is 5.60 Å². The molecule has 5 heteroatoms. The quantitative estimate of drug-likeness (QED) is 0.866. The number of piperidine rings is 1. The molecule has 0 spiro atoms. The molecule has 2 atom stereocenters. The highest BCUT2D eigenvalue weighted by Crippen LogP contribution is 2.40. The molecule has 1 saturated carbocycles. The van der Waals surface area contributed by atoms with E-state index in [9.17, 15) is 9.90 Å². The van der Waals surface area contributed by atoms with Crippen molar-refractivity contribution < 1.29 is 9.90 Å². The van der Waals surface area contributed by atoms with Crippen LogP contribution in [0.5, 0.6) is 0 Å². The second-order valence-corrected chi connectivity index (χ2v) is 7.40. The van der Waals surface area contributed by atoms with E-state index in [1.165, 1.54) is 17.8 Å². The van der Waals surface area contributed by atoms with Crippen LogP contribution < -0.4 is 0 Å². The van der Waals surface area contributed by atoms with Gasteiger partial charge in [-0.15, -0.1) is 11.3 Å². The molecule has 0 aromatic carbocycles. The van der Waals surface area contributed by atoms with Crippen LogP contribution in [-0.2, 0) is 0 Å². The zero-order valence-corrected chi connectivity index (χ0v) is 13.0. The number of hydrogen-bond donors (Lipinski definition) is 1. The van der Waals surface area contributed by atoms with Crippen LogP contribution >= 0.6 is 11.3 Å². The normalized spacial score (nSPS) is 30.1. The van der Waals surface area contributed by atoms with E-state index in [-0.39, 0.29) is 11.8 Å². The van der Waals surface area contributed by atoms with Crippen LogP contribution in [0.2, 0.25) is 0 Å². The molecule has 0 radical (unpaired) electrons. The van der Waals surface area contributed by atoms with Crippen molar-refractivity contribution in [2.45, 2.75) is 51.6 Å². The summed E-state index contributed by atoms with van der Waals surface area (Å²) in [6.45, 7) is 5.20. The van der Waals surface area contributed by atoms with Crippen LogP contribution in [0.25, 0.3) is 0 Å². The van der Waals surface area contributed by atoms with Crippen molar-refractivity contribution in [3.05, 3.63) is 15.6 Å². The van der Waals surface area contributed by atoms with Gasteiger partial charge in [-0.2, -0.15) is 0 Å². The summed E-state index contributed by atoms with van der Waals surface area (Å²) < 4.78 is 0. The Labute approximate surface area is 123 Å². The molecule has 20 heavy (non-hydrogen) atoms. The second kappa shape index (κ2) is 5.11. The number of aryl methyl sites for hydroxylation is 2. The van der Waals surface area contributed by atoms with E-state index in [0.29, 0.717) is 13.1 Å². The number of aromatic nitrogens is 1. The first kappa shape index (κ1) is 14.0. The SMILES string of the molecule is Cc1nc(C)c(C(=O)N2CCC3(O)CCCCC3C2)s1. The average Bonchev–Trinajstić information content (AvgIpc) is 2.76. The largest absolute Gasteiger partial charge is 0.389 e. The fraction of sp³-hybridized carbons (Fsp3) is 0.733. The number of carbonyl (C=O) groups excluding carboxylic acids is 1. The molecule has 1 aromatic heterocycles. The van der Waals surface area contributed by atoms with Crippen molar-refractivity contribution in [2.75, 3.05) is 13.1 Å². The lowest BCUT2D eigenvalue weighted by Gasteiger charge is -2.47. The number of hydrogen-bond acceptors (Lipinski definition) is 4. The number of rotatable bonds is 1. The highest BCUT2D eigenvalue weighted by molar-refractivity contribution is 7.13. The lowest BCUT2D eigenvalue weighted by Crippen LogP contribution is -2.54. The predicted octanol–water partition coefficient (Wildman–Crippen LogP) is 2.53. The minimum absolute atomic E-state index is 0.0979. The molecule has 3 rings (SSSR count). The maximum Gasteiger partial charge on any atom is 0.265 e. The van der Waals surface area contributed by atoms with Gasteiger partial charge in [0, 0.05) is 19.0 Å². The van der Waals surface area contributed by atoms with Crippen LogP contribution in [-0.4, -0.2) is 39.6 Å². The lowest BCUT2D eigenvalue weighted by molar-refractivity contribution is -0.0885. The Hall–Kier alpha value is -0.940. The molecule has 1 saturated heterocycles. The van der Waals surface area contributed by atoms with Gasteiger partial charge in [-0.1, -0.05) is 12.8 Å². The number of thiazole rings is 1. The molecule has 2 unspecified atom stereocenters. The summed E-state index contributed by atoms with van der Waals surface area (Å²) in [5, 5.41) is 11.6.